The predicted octanol–water partition coefficient (Wildman–Crippen LogP) is 3.08. The van der Waals surface area contributed by atoms with Crippen molar-refractivity contribution in [1.82, 2.24) is 9.97 Å². The van der Waals surface area contributed by atoms with Gasteiger partial charge in [-0.3, -0.25) is 0 Å². The van der Waals surface area contributed by atoms with Gasteiger partial charge in [-0.2, -0.15) is 5.26 Å². The minimum absolute atomic E-state index is 0.134. The molecule has 4 nitrogen and oxygen atoms in total. The number of hydrogen-bond donors (Lipinski definition) is 1. The number of nitrogens with two attached hydrogens (primary N) is 1. The van der Waals surface area contributed by atoms with E-state index >= 15 is 0 Å². The zero-order valence-corrected chi connectivity index (χ0v) is 12.3. The quantitative estimate of drug-likeness (QED) is 0.691. The Bertz CT molecular complexity index is 670. The van der Waals surface area contributed by atoms with Gasteiger partial charge < -0.3 is 5.73 Å². The average Bonchev–Trinajstić information content (AvgIpc) is 2.44. The van der Waals surface area contributed by atoms with Crippen molar-refractivity contribution in [3.63, 3.8) is 0 Å². The van der Waals surface area contributed by atoms with Crippen LogP contribution in [0.5, 0.6) is 0 Å². The summed E-state index contributed by atoms with van der Waals surface area (Å²) in [5.74, 6) is 0.363. The molecule has 2 rings (SSSR count). The molecule has 102 valence electrons. The summed E-state index contributed by atoms with van der Waals surface area (Å²) in [5, 5.41) is 10.3. The molecule has 2 N–H and O–H groups in total. The second-order valence-corrected chi connectivity index (χ2v) is 5.56. The van der Waals surface area contributed by atoms with Crippen LogP contribution in [0.25, 0.3) is 0 Å². The molecule has 0 amide bonds. The summed E-state index contributed by atoms with van der Waals surface area (Å²) in [7, 11) is 0. The molecule has 0 aliphatic carbocycles. The number of nitriles is 1. The number of rotatable bonds is 4. The van der Waals surface area contributed by atoms with E-state index in [2.05, 4.69) is 16.0 Å². The third kappa shape index (κ3) is 3.40. The molecule has 0 radical (unpaired) electrons. The maximum Gasteiger partial charge on any atom is 0.222 e. The molecule has 0 aliphatic heterocycles. The standard InChI is InChI=1S/C13H11FN4S2/c1-19-11-10(6-15)12(18-13(16)17-11)20-7-8-3-2-4-9(14)5-8/h2-5H,7H2,1H3,(H2,16,17,18). The highest BCUT2D eigenvalue weighted by Gasteiger charge is 2.13. The van der Waals surface area contributed by atoms with Gasteiger partial charge in [-0.25, -0.2) is 14.4 Å². The molecular formula is C13H11FN4S2. The van der Waals surface area contributed by atoms with Crippen molar-refractivity contribution in [1.29, 1.82) is 5.26 Å². The highest BCUT2D eigenvalue weighted by molar-refractivity contribution is 7.99. The van der Waals surface area contributed by atoms with E-state index in [0.717, 1.165) is 5.56 Å². The Morgan fingerprint density at radius 2 is 2.10 bits per heavy atom. The van der Waals surface area contributed by atoms with E-state index in [-0.39, 0.29) is 11.8 Å². The molecular weight excluding hydrogens is 295 g/mol. The summed E-state index contributed by atoms with van der Waals surface area (Å²) in [6.07, 6.45) is 1.82. The molecule has 0 fully saturated rings. The molecule has 1 aromatic carbocycles. The first-order valence-corrected chi connectivity index (χ1v) is 7.84. The lowest BCUT2D eigenvalue weighted by Gasteiger charge is -2.07. The van der Waals surface area contributed by atoms with E-state index < -0.39 is 0 Å². The van der Waals surface area contributed by atoms with Crippen LogP contribution in [0.1, 0.15) is 11.1 Å². The molecule has 0 saturated carbocycles. The number of anilines is 1. The van der Waals surface area contributed by atoms with E-state index in [1.165, 1.54) is 35.7 Å². The molecule has 7 heteroatoms. The molecule has 0 aliphatic rings. The normalized spacial score (nSPS) is 10.2. The zero-order chi connectivity index (χ0) is 14.5. The molecule has 2 aromatic rings. The first-order valence-electron chi connectivity index (χ1n) is 5.63. The average molecular weight is 306 g/mol. The second-order valence-electron chi connectivity index (χ2n) is 3.80. The Morgan fingerprint density at radius 3 is 2.75 bits per heavy atom. The van der Waals surface area contributed by atoms with Crippen molar-refractivity contribution in [2.24, 2.45) is 0 Å². The maximum atomic E-state index is 13.1. The predicted molar refractivity (Wildman–Crippen MR) is 78.9 cm³/mol. The van der Waals surface area contributed by atoms with E-state index in [9.17, 15) is 9.65 Å². The minimum atomic E-state index is -0.282. The number of nitrogens with zero attached hydrogens (tertiary/aromatic N) is 3. The van der Waals surface area contributed by atoms with Crippen molar-refractivity contribution in [2.45, 2.75) is 15.8 Å². The van der Waals surface area contributed by atoms with E-state index in [1.54, 1.807) is 6.07 Å². The van der Waals surface area contributed by atoms with Crippen LogP contribution in [0, 0.1) is 17.1 Å². The SMILES string of the molecule is CSc1nc(N)nc(SCc2cccc(F)c2)c1C#N. The highest BCUT2D eigenvalue weighted by Crippen LogP contribution is 2.29. The van der Waals surface area contributed by atoms with Gasteiger partial charge in [0, 0.05) is 5.75 Å². The molecule has 0 spiro atoms. The van der Waals surface area contributed by atoms with Crippen molar-refractivity contribution in [3.05, 3.63) is 41.2 Å². The van der Waals surface area contributed by atoms with Gasteiger partial charge in [0.05, 0.1) is 0 Å². The van der Waals surface area contributed by atoms with Crippen LogP contribution in [0.4, 0.5) is 10.3 Å². The van der Waals surface area contributed by atoms with Crippen LogP contribution >= 0.6 is 23.5 Å². The molecule has 0 atom stereocenters. The monoisotopic (exact) mass is 306 g/mol. The molecule has 0 bridgehead atoms. The van der Waals surface area contributed by atoms with Crippen molar-refractivity contribution in [3.8, 4) is 6.07 Å². The number of benzene rings is 1. The maximum absolute atomic E-state index is 13.1. The van der Waals surface area contributed by atoms with E-state index in [0.29, 0.717) is 21.4 Å². The molecule has 20 heavy (non-hydrogen) atoms. The lowest BCUT2D eigenvalue weighted by molar-refractivity contribution is 0.626. The lowest BCUT2D eigenvalue weighted by atomic mass is 10.2. The summed E-state index contributed by atoms with van der Waals surface area (Å²) in [4.78, 5) is 8.12. The first kappa shape index (κ1) is 14.6. The Balaban J connectivity index is 2.25. The molecule has 1 heterocycles. The summed E-state index contributed by atoms with van der Waals surface area (Å²) < 4.78 is 13.1. The Morgan fingerprint density at radius 1 is 1.35 bits per heavy atom. The van der Waals surface area contributed by atoms with Gasteiger partial charge in [-0.05, 0) is 24.0 Å². The van der Waals surface area contributed by atoms with Crippen LogP contribution in [0.15, 0.2) is 34.3 Å². The summed E-state index contributed by atoms with van der Waals surface area (Å²) in [6, 6.07) is 8.42. The first-order chi connectivity index (χ1) is 9.63. The third-order valence-electron chi connectivity index (χ3n) is 2.43. The largest absolute Gasteiger partial charge is 0.368 e. The number of thioether (sulfide) groups is 2. The van der Waals surface area contributed by atoms with Gasteiger partial charge in [0.2, 0.25) is 5.95 Å². The lowest BCUT2D eigenvalue weighted by Crippen LogP contribution is -2.01. The highest BCUT2D eigenvalue weighted by atomic mass is 32.2. The zero-order valence-electron chi connectivity index (χ0n) is 10.6. The summed E-state index contributed by atoms with van der Waals surface area (Å²) >= 11 is 2.69. The Labute approximate surface area is 124 Å². The van der Waals surface area contributed by atoms with E-state index in [1.807, 2.05) is 12.3 Å². The van der Waals surface area contributed by atoms with Crippen LogP contribution in [-0.4, -0.2) is 16.2 Å². The summed E-state index contributed by atoms with van der Waals surface area (Å²) in [6.45, 7) is 0. The topological polar surface area (TPSA) is 75.6 Å². The number of aromatic nitrogens is 2. The van der Waals surface area contributed by atoms with Crippen LogP contribution < -0.4 is 5.73 Å². The minimum Gasteiger partial charge on any atom is -0.368 e. The van der Waals surface area contributed by atoms with Gasteiger partial charge in [0.25, 0.3) is 0 Å². The number of hydrogen-bond acceptors (Lipinski definition) is 6. The van der Waals surface area contributed by atoms with Gasteiger partial charge >= 0.3 is 0 Å². The smallest absolute Gasteiger partial charge is 0.222 e. The van der Waals surface area contributed by atoms with Crippen molar-refractivity contribution in [2.75, 3.05) is 12.0 Å². The van der Waals surface area contributed by atoms with Crippen LogP contribution in [0.3, 0.4) is 0 Å². The summed E-state index contributed by atoms with van der Waals surface area (Å²) in [5.41, 5.74) is 6.86. The molecule has 1 aromatic heterocycles. The fourth-order valence-corrected chi connectivity index (χ4v) is 3.09. The second kappa shape index (κ2) is 6.59. The van der Waals surface area contributed by atoms with Crippen molar-refractivity contribution >= 4 is 29.5 Å². The fourth-order valence-electron chi connectivity index (χ4n) is 1.56. The van der Waals surface area contributed by atoms with Gasteiger partial charge in [0.1, 0.15) is 27.5 Å². The third-order valence-corrected chi connectivity index (χ3v) is 4.16. The Hall–Kier alpha value is -1.78. The van der Waals surface area contributed by atoms with E-state index in [4.69, 9.17) is 5.73 Å². The fraction of sp³-hybridized carbons (Fsp3) is 0.154. The van der Waals surface area contributed by atoms with Crippen molar-refractivity contribution < 1.29 is 4.39 Å². The molecule has 0 unspecified atom stereocenters. The van der Waals surface area contributed by atoms with Gasteiger partial charge in [-0.1, -0.05) is 12.1 Å². The Kier molecular flexibility index (Phi) is 4.82. The van der Waals surface area contributed by atoms with Gasteiger partial charge in [-0.15, -0.1) is 23.5 Å². The van der Waals surface area contributed by atoms with Crippen LogP contribution in [0.2, 0.25) is 0 Å². The number of halogens is 1. The molecule has 0 saturated heterocycles. The van der Waals surface area contributed by atoms with Crippen LogP contribution in [-0.2, 0) is 5.75 Å². The number of nitrogen functional groups attached to an aromatic ring is 1. The van der Waals surface area contributed by atoms with Gasteiger partial charge in [0.15, 0.2) is 0 Å².